The van der Waals surface area contributed by atoms with E-state index in [4.69, 9.17) is 4.74 Å². The topological polar surface area (TPSA) is 84.5 Å². The molecule has 0 aromatic heterocycles. The van der Waals surface area contributed by atoms with Gasteiger partial charge in [-0.3, -0.25) is 9.59 Å². The molecule has 6 nitrogen and oxygen atoms in total. The van der Waals surface area contributed by atoms with Crippen LogP contribution in [0.4, 0.5) is 18.9 Å². The van der Waals surface area contributed by atoms with Crippen molar-refractivity contribution in [3.63, 3.8) is 0 Å². The number of carbonyl (C=O) groups is 3. The van der Waals surface area contributed by atoms with Crippen molar-refractivity contribution in [3.05, 3.63) is 41.1 Å². The third-order valence-electron chi connectivity index (χ3n) is 3.77. The fourth-order valence-corrected chi connectivity index (χ4v) is 2.66. The maximum Gasteiger partial charge on any atom is 0.418 e. The number of alkyl halides is 3. The highest BCUT2D eigenvalue weighted by Crippen LogP contribution is 2.35. The molecule has 2 rings (SSSR count). The minimum atomic E-state index is -4.66. The van der Waals surface area contributed by atoms with Gasteiger partial charge in [-0.1, -0.05) is 12.1 Å². The van der Waals surface area contributed by atoms with Gasteiger partial charge in [0.25, 0.3) is 0 Å². The molecule has 2 N–H and O–H groups in total. The molecular weight excluding hydrogens is 353 g/mol. The predicted molar refractivity (Wildman–Crippen MR) is 85.7 cm³/mol. The van der Waals surface area contributed by atoms with Crippen molar-refractivity contribution >= 4 is 23.5 Å². The standard InChI is InChI=1S/C17H17F3N2O4/c1-3-26-16(25)14-9(2)21-13(23)8-10(14)15(24)22-12-7-5-4-6-11(12)17(18,19)20/h4-7,10H,3,8H2,1-2H3,(H,21,23)(H,22,24)/t10-/m1/s1. The van der Waals surface area contributed by atoms with Gasteiger partial charge in [-0.25, -0.2) is 4.79 Å². The predicted octanol–water partition coefficient (Wildman–Crippen LogP) is 2.62. The van der Waals surface area contributed by atoms with E-state index < -0.39 is 41.1 Å². The van der Waals surface area contributed by atoms with Crippen LogP contribution in [-0.2, 0) is 25.3 Å². The number of carbonyl (C=O) groups excluding carboxylic acids is 3. The summed E-state index contributed by atoms with van der Waals surface area (Å²) in [4.78, 5) is 36.4. The van der Waals surface area contributed by atoms with Gasteiger partial charge in [0.05, 0.1) is 29.3 Å². The molecule has 0 fully saturated rings. The normalized spacial score (nSPS) is 17.6. The smallest absolute Gasteiger partial charge is 0.418 e. The highest BCUT2D eigenvalue weighted by atomic mass is 19.4. The van der Waals surface area contributed by atoms with E-state index in [1.54, 1.807) is 6.92 Å². The van der Waals surface area contributed by atoms with Crippen LogP contribution in [0.5, 0.6) is 0 Å². The summed E-state index contributed by atoms with van der Waals surface area (Å²) in [6.07, 6.45) is -5.03. The summed E-state index contributed by atoms with van der Waals surface area (Å²) in [6.45, 7) is 3.05. The number of anilines is 1. The van der Waals surface area contributed by atoms with E-state index in [0.29, 0.717) is 0 Å². The molecule has 0 saturated carbocycles. The maximum atomic E-state index is 13.1. The summed E-state index contributed by atoms with van der Waals surface area (Å²) >= 11 is 0. The molecule has 140 valence electrons. The van der Waals surface area contributed by atoms with Crippen molar-refractivity contribution < 1.29 is 32.3 Å². The van der Waals surface area contributed by atoms with Crippen LogP contribution in [0.3, 0.4) is 0 Å². The Morgan fingerprint density at radius 3 is 2.58 bits per heavy atom. The molecule has 0 bridgehead atoms. The fourth-order valence-electron chi connectivity index (χ4n) is 2.66. The minimum Gasteiger partial charge on any atom is -0.463 e. The van der Waals surface area contributed by atoms with Gasteiger partial charge in [-0.2, -0.15) is 13.2 Å². The van der Waals surface area contributed by atoms with Crippen molar-refractivity contribution in [3.8, 4) is 0 Å². The van der Waals surface area contributed by atoms with Crippen molar-refractivity contribution in [1.82, 2.24) is 5.32 Å². The molecule has 1 aliphatic heterocycles. The summed E-state index contributed by atoms with van der Waals surface area (Å²) in [5, 5.41) is 4.61. The number of para-hydroxylation sites is 1. The van der Waals surface area contributed by atoms with E-state index in [2.05, 4.69) is 10.6 Å². The average Bonchev–Trinajstić information content (AvgIpc) is 2.53. The molecule has 0 aliphatic carbocycles. The number of rotatable bonds is 4. The van der Waals surface area contributed by atoms with Crippen molar-refractivity contribution in [2.45, 2.75) is 26.4 Å². The van der Waals surface area contributed by atoms with Crippen molar-refractivity contribution in [2.24, 2.45) is 5.92 Å². The number of ether oxygens (including phenoxy) is 1. The molecule has 0 spiro atoms. The highest BCUT2D eigenvalue weighted by molar-refractivity contribution is 6.06. The van der Waals surface area contributed by atoms with Crippen LogP contribution >= 0.6 is 0 Å². The molecule has 9 heteroatoms. The Balaban J connectivity index is 2.35. The molecule has 1 atom stereocenters. The largest absolute Gasteiger partial charge is 0.463 e. The molecule has 1 aromatic carbocycles. The Hall–Kier alpha value is -2.84. The number of nitrogens with one attached hydrogen (secondary N) is 2. The Labute approximate surface area is 147 Å². The van der Waals surface area contributed by atoms with Crippen LogP contribution < -0.4 is 10.6 Å². The Kier molecular flexibility index (Phi) is 5.69. The SMILES string of the molecule is CCOC(=O)C1=C(C)NC(=O)C[C@H]1C(=O)Nc1ccccc1C(F)(F)F. The van der Waals surface area contributed by atoms with Gasteiger partial charge in [0.15, 0.2) is 0 Å². The zero-order chi connectivity index (χ0) is 19.5. The number of esters is 1. The van der Waals surface area contributed by atoms with Gasteiger partial charge in [0, 0.05) is 12.1 Å². The van der Waals surface area contributed by atoms with E-state index >= 15 is 0 Å². The molecule has 1 aromatic rings. The summed E-state index contributed by atoms with van der Waals surface area (Å²) < 4.78 is 44.1. The van der Waals surface area contributed by atoms with Crippen LogP contribution in [0, 0.1) is 5.92 Å². The van der Waals surface area contributed by atoms with Gasteiger partial charge < -0.3 is 15.4 Å². The van der Waals surface area contributed by atoms with Gasteiger partial charge in [-0.15, -0.1) is 0 Å². The van der Waals surface area contributed by atoms with Crippen LogP contribution in [0.25, 0.3) is 0 Å². The summed E-state index contributed by atoms with van der Waals surface area (Å²) in [7, 11) is 0. The number of hydrogen-bond donors (Lipinski definition) is 2. The zero-order valence-electron chi connectivity index (χ0n) is 14.1. The number of halogens is 3. The Morgan fingerprint density at radius 1 is 1.31 bits per heavy atom. The lowest BCUT2D eigenvalue weighted by atomic mass is 9.89. The van der Waals surface area contributed by atoms with Crippen molar-refractivity contribution in [2.75, 3.05) is 11.9 Å². The van der Waals surface area contributed by atoms with Gasteiger partial charge >= 0.3 is 12.1 Å². The summed E-state index contributed by atoms with van der Waals surface area (Å²) in [6, 6.07) is 4.47. The minimum absolute atomic E-state index is 0.0504. The van der Waals surface area contributed by atoms with Crippen LogP contribution in [0.2, 0.25) is 0 Å². The third kappa shape index (κ3) is 4.22. The number of allylic oxidation sites excluding steroid dienone is 1. The lowest BCUT2D eigenvalue weighted by Crippen LogP contribution is -2.40. The second kappa shape index (κ2) is 7.59. The third-order valence-corrected chi connectivity index (χ3v) is 3.77. The Morgan fingerprint density at radius 2 is 1.96 bits per heavy atom. The lowest BCUT2D eigenvalue weighted by Gasteiger charge is -2.26. The first-order valence-electron chi connectivity index (χ1n) is 7.80. The highest BCUT2D eigenvalue weighted by Gasteiger charge is 2.38. The molecule has 0 unspecified atom stereocenters. The van der Waals surface area contributed by atoms with Crippen LogP contribution in [-0.4, -0.2) is 24.4 Å². The fraction of sp³-hybridized carbons (Fsp3) is 0.353. The van der Waals surface area contributed by atoms with E-state index in [-0.39, 0.29) is 24.3 Å². The van der Waals surface area contributed by atoms with Crippen LogP contribution in [0.1, 0.15) is 25.8 Å². The first-order valence-corrected chi connectivity index (χ1v) is 7.80. The molecule has 0 radical (unpaired) electrons. The second-order valence-electron chi connectivity index (χ2n) is 5.60. The Bertz CT molecular complexity index is 772. The average molecular weight is 370 g/mol. The molecular formula is C17H17F3N2O4. The van der Waals surface area contributed by atoms with Gasteiger partial charge in [0.1, 0.15) is 0 Å². The van der Waals surface area contributed by atoms with E-state index in [0.717, 1.165) is 12.1 Å². The lowest BCUT2D eigenvalue weighted by molar-refractivity contribution is -0.141. The summed E-state index contributed by atoms with van der Waals surface area (Å²) in [5.41, 5.74) is -1.40. The molecule has 1 heterocycles. The van der Waals surface area contributed by atoms with Gasteiger partial charge in [0.2, 0.25) is 11.8 Å². The van der Waals surface area contributed by atoms with E-state index in [1.165, 1.54) is 19.1 Å². The second-order valence-corrected chi connectivity index (χ2v) is 5.60. The zero-order valence-corrected chi connectivity index (χ0v) is 14.1. The molecule has 26 heavy (non-hydrogen) atoms. The van der Waals surface area contributed by atoms with E-state index in [1.807, 2.05) is 0 Å². The summed E-state index contributed by atoms with van der Waals surface area (Å²) in [5.74, 6) is -3.45. The molecule has 2 amide bonds. The monoisotopic (exact) mass is 370 g/mol. The maximum absolute atomic E-state index is 13.1. The first-order chi connectivity index (χ1) is 12.1. The first kappa shape index (κ1) is 19.5. The molecule has 1 aliphatic rings. The number of amides is 2. The quantitative estimate of drug-likeness (QED) is 0.798. The molecule has 0 saturated heterocycles. The van der Waals surface area contributed by atoms with Gasteiger partial charge in [-0.05, 0) is 26.0 Å². The number of hydrogen-bond acceptors (Lipinski definition) is 4. The van der Waals surface area contributed by atoms with Crippen LogP contribution in [0.15, 0.2) is 35.5 Å². The van der Waals surface area contributed by atoms with Crippen molar-refractivity contribution in [1.29, 1.82) is 0 Å². The number of benzene rings is 1. The van der Waals surface area contributed by atoms with E-state index in [9.17, 15) is 27.6 Å².